The van der Waals surface area contributed by atoms with Gasteiger partial charge < -0.3 is 4.42 Å². The molecule has 2 heterocycles. The van der Waals surface area contributed by atoms with Crippen LogP contribution in [0, 0.1) is 5.92 Å². The summed E-state index contributed by atoms with van der Waals surface area (Å²) in [5, 5.41) is 3.92. The van der Waals surface area contributed by atoms with Gasteiger partial charge in [0.25, 0.3) is 5.91 Å². The topological polar surface area (TPSA) is 57.8 Å². The average molecular weight is 402 g/mol. The summed E-state index contributed by atoms with van der Waals surface area (Å²) in [5.41, 5.74) is 5.79. The van der Waals surface area contributed by atoms with Gasteiger partial charge in [-0.2, -0.15) is 5.10 Å². The molecule has 0 atom stereocenters. The second kappa shape index (κ2) is 10.0. The number of rotatable bonds is 7. The van der Waals surface area contributed by atoms with Crippen LogP contribution >= 0.6 is 0 Å². The van der Waals surface area contributed by atoms with E-state index in [-0.39, 0.29) is 5.91 Å². The molecule has 1 saturated heterocycles. The van der Waals surface area contributed by atoms with Gasteiger partial charge in [0.05, 0.1) is 12.5 Å². The van der Waals surface area contributed by atoms with Gasteiger partial charge >= 0.3 is 0 Å². The number of nitrogens with one attached hydrogen (secondary N) is 1. The van der Waals surface area contributed by atoms with E-state index in [2.05, 4.69) is 45.8 Å². The third-order valence-electron chi connectivity index (χ3n) is 5.60. The molecule has 0 aliphatic carbocycles. The Bertz CT molecular complexity index is 942. The number of nitrogens with zero attached hydrogens (tertiary/aromatic N) is 2. The predicted molar refractivity (Wildman–Crippen MR) is 118 cm³/mol. The summed E-state index contributed by atoms with van der Waals surface area (Å²) in [7, 11) is 0. The van der Waals surface area contributed by atoms with E-state index < -0.39 is 0 Å². The van der Waals surface area contributed by atoms with E-state index in [9.17, 15) is 4.79 Å². The van der Waals surface area contributed by atoms with Crippen LogP contribution in [0.4, 0.5) is 0 Å². The molecule has 5 nitrogen and oxygen atoms in total. The number of amides is 1. The first kappa shape index (κ1) is 20.1. The van der Waals surface area contributed by atoms with Gasteiger partial charge in [0.15, 0.2) is 0 Å². The van der Waals surface area contributed by atoms with Gasteiger partial charge in [0.1, 0.15) is 5.76 Å². The van der Waals surface area contributed by atoms with Crippen molar-refractivity contribution >= 4 is 12.1 Å². The molecule has 2 aromatic carbocycles. The highest BCUT2D eigenvalue weighted by Gasteiger charge is 2.19. The van der Waals surface area contributed by atoms with Gasteiger partial charge in [0.2, 0.25) is 0 Å². The zero-order chi connectivity index (χ0) is 20.6. The summed E-state index contributed by atoms with van der Waals surface area (Å²) in [5.74, 6) is 1.14. The van der Waals surface area contributed by atoms with Crippen LogP contribution in [0.2, 0.25) is 0 Å². The van der Waals surface area contributed by atoms with E-state index in [1.807, 2.05) is 24.3 Å². The average Bonchev–Trinajstić information content (AvgIpc) is 3.30. The van der Waals surface area contributed by atoms with Crippen molar-refractivity contribution in [2.45, 2.75) is 25.8 Å². The molecule has 1 aliphatic rings. The van der Waals surface area contributed by atoms with E-state index in [0.29, 0.717) is 11.3 Å². The number of carbonyl (C=O) groups excluding carboxylic acids is 1. The Hall–Kier alpha value is -3.18. The molecule has 1 fully saturated rings. The maximum atomic E-state index is 12.2. The number of carbonyl (C=O) groups is 1. The molecule has 0 radical (unpaired) electrons. The van der Waals surface area contributed by atoms with Crippen molar-refractivity contribution in [2.24, 2.45) is 11.0 Å². The van der Waals surface area contributed by atoms with Gasteiger partial charge in [-0.3, -0.25) is 9.69 Å². The summed E-state index contributed by atoms with van der Waals surface area (Å²) in [6, 6.07) is 22.1. The zero-order valence-corrected chi connectivity index (χ0v) is 17.0. The lowest BCUT2D eigenvalue weighted by atomic mass is 9.90. The molecule has 0 bridgehead atoms. The van der Waals surface area contributed by atoms with Crippen LogP contribution in [0.1, 0.15) is 40.1 Å². The Morgan fingerprint density at radius 1 is 1.00 bits per heavy atom. The monoisotopic (exact) mass is 401 g/mol. The molecule has 0 unspecified atom stereocenters. The van der Waals surface area contributed by atoms with Crippen LogP contribution in [-0.4, -0.2) is 30.1 Å². The molecular weight excluding hydrogens is 374 g/mol. The van der Waals surface area contributed by atoms with Crippen molar-refractivity contribution in [3.8, 4) is 0 Å². The predicted octanol–water partition coefficient (Wildman–Crippen LogP) is 4.50. The third kappa shape index (κ3) is 5.67. The summed E-state index contributed by atoms with van der Waals surface area (Å²) >= 11 is 0. The third-order valence-corrected chi connectivity index (χ3v) is 5.60. The highest BCUT2D eigenvalue weighted by Crippen LogP contribution is 2.23. The molecule has 0 saturated carbocycles. The summed E-state index contributed by atoms with van der Waals surface area (Å²) in [4.78, 5) is 14.7. The standard InChI is InChI=1S/C25H27N3O2/c29-25(27-26-18-24-7-4-16-30-24)23-10-8-22(9-11-23)19-28-14-12-21(13-15-28)17-20-5-2-1-3-6-20/h1-11,16,18,21H,12-15,17,19H2,(H,27,29)/b26-18-. The fraction of sp³-hybridized carbons (Fsp3) is 0.280. The number of hydrogen-bond acceptors (Lipinski definition) is 4. The van der Waals surface area contributed by atoms with Crippen LogP contribution in [0.3, 0.4) is 0 Å². The number of likely N-dealkylation sites (tertiary alicyclic amines) is 1. The first-order valence-corrected chi connectivity index (χ1v) is 10.5. The molecule has 1 aromatic heterocycles. The first-order valence-electron chi connectivity index (χ1n) is 10.5. The normalized spacial score (nSPS) is 15.5. The van der Waals surface area contributed by atoms with E-state index >= 15 is 0 Å². The zero-order valence-electron chi connectivity index (χ0n) is 17.0. The molecular formula is C25H27N3O2. The number of hydrogen-bond donors (Lipinski definition) is 1. The van der Waals surface area contributed by atoms with E-state index in [4.69, 9.17) is 4.42 Å². The fourth-order valence-electron chi connectivity index (χ4n) is 3.90. The second-order valence-corrected chi connectivity index (χ2v) is 7.82. The molecule has 30 heavy (non-hydrogen) atoms. The molecule has 1 aliphatic heterocycles. The number of hydrazone groups is 1. The largest absolute Gasteiger partial charge is 0.463 e. The molecule has 1 amide bonds. The Morgan fingerprint density at radius 2 is 1.77 bits per heavy atom. The van der Waals surface area contributed by atoms with Crippen LogP contribution in [0.25, 0.3) is 0 Å². The lowest BCUT2D eigenvalue weighted by Gasteiger charge is -2.32. The fourth-order valence-corrected chi connectivity index (χ4v) is 3.90. The Labute approximate surface area is 177 Å². The van der Waals surface area contributed by atoms with Crippen LogP contribution in [0.5, 0.6) is 0 Å². The lowest BCUT2D eigenvalue weighted by Crippen LogP contribution is -2.33. The van der Waals surface area contributed by atoms with Gasteiger partial charge in [-0.15, -0.1) is 0 Å². The van der Waals surface area contributed by atoms with Crippen molar-refractivity contribution in [2.75, 3.05) is 13.1 Å². The molecule has 0 spiro atoms. The summed E-state index contributed by atoms with van der Waals surface area (Å²) in [6.07, 6.45) is 6.70. The Balaban J connectivity index is 1.22. The maximum Gasteiger partial charge on any atom is 0.271 e. The molecule has 1 N–H and O–H groups in total. The Morgan fingerprint density at radius 3 is 2.47 bits per heavy atom. The van der Waals surface area contributed by atoms with Gasteiger partial charge in [-0.05, 0) is 73.7 Å². The number of piperidine rings is 1. The summed E-state index contributed by atoms with van der Waals surface area (Å²) < 4.78 is 5.14. The smallest absolute Gasteiger partial charge is 0.271 e. The van der Waals surface area contributed by atoms with Crippen molar-refractivity contribution in [3.63, 3.8) is 0 Å². The number of furan rings is 1. The van der Waals surface area contributed by atoms with Crippen LogP contribution < -0.4 is 5.43 Å². The van der Waals surface area contributed by atoms with Crippen molar-refractivity contribution in [1.29, 1.82) is 0 Å². The second-order valence-electron chi connectivity index (χ2n) is 7.82. The summed E-state index contributed by atoms with van der Waals surface area (Å²) in [6.45, 7) is 3.18. The molecule has 5 heteroatoms. The van der Waals surface area contributed by atoms with E-state index in [0.717, 1.165) is 25.6 Å². The minimum Gasteiger partial charge on any atom is -0.463 e. The van der Waals surface area contributed by atoms with Crippen LogP contribution in [-0.2, 0) is 13.0 Å². The SMILES string of the molecule is O=C(N/N=C\c1ccco1)c1ccc(CN2CCC(Cc3ccccc3)CC2)cc1. The molecule has 154 valence electrons. The minimum absolute atomic E-state index is 0.230. The quantitative estimate of drug-likeness (QED) is 0.468. The maximum absolute atomic E-state index is 12.2. The number of benzene rings is 2. The highest BCUT2D eigenvalue weighted by molar-refractivity contribution is 5.94. The van der Waals surface area contributed by atoms with Gasteiger partial charge in [-0.25, -0.2) is 5.43 Å². The van der Waals surface area contributed by atoms with Gasteiger partial charge in [0, 0.05) is 12.1 Å². The van der Waals surface area contributed by atoms with Crippen molar-refractivity contribution < 1.29 is 9.21 Å². The lowest BCUT2D eigenvalue weighted by molar-refractivity contribution is 0.0955. The highest BCUT2D eigenvalue weighted by atomic mass is 16.3. The minimum atomic E-state index is -0.230. The van der Waals surface area contributed by atoms with E-state index in [1.165, 1.54) is 36.6 Å². The van der Waals surface area contributed by atoms with Gasteiger partial charge in [-0.1, -0.05) is 42.5 Å². The van der Waals surface area contributed by atoms with Crippen molar-refractivity contribution in [3.05, 3.63) is 95.4 Å². The molecule has 4 rings (SSSR count). The first-order chi connectivity index (χ1) is 14.8. The Kier molecular flexibility index (Phi) is 6.72. The molecule has 3 aromatic rings. The van der Waals surface area contributed by atoms with Crippen LogP contribution in [0.15, 0.2) is 82.5 Å². The van der Waals surface area contributed by atoms with Crippen molar-refractivity contribution in [1.82, 2.24) is 10.3 Å². The van der Waals surface area contributed by atoms with E-state index in [1.54, 1.807) is 18.4 Å².